The van der Waals surface area contributed by atoms with Gasteiger partial charge in [-0.05, 0) is 47.2 Å². The van der Waals surface area contributed by atoms with E-state index in [0.717, 1.165) is 11.1 Å². The van der Waals surface area contributed by atoms with Crippen molar-refractivity contribution in [1.82, 2.24) is 4.57 Å². The summed E-state index contributed by atoms with van der Waals surface area (Å²) < 4.78 is 17.6. The molecule has 3 aromatic rings. The molecule has 1 aromatic heterocycles. The molecular formula is C29H30N2O6S. The van der Waals surface area contributed by atoms with Gasteiger partial charge in [-0.1, -0.05) is 62.4 Å². The van der Waals surface area contributed by atoms with Crippen LogP contribution in [0.5, 0.6) is 11.5 Å². The molecule has 0 bridgehead atoms. The molecule has 0 saturated heterocycles. The number of rotatable bonds is 5. The topological polar surface area (TPSA) is 96.2 Å². The third kappa shape index (κ3) is 5.19. The lowest BCUT2D eigenvalue weighted by Crippen LogP contribution is -2.39. The molecule has 8 nitrogen and oxygen atoms in total. The van der Waals surface area contributed by atoms with E-state index in [1.807, 2.05) is 24.3 Å². The Kier molecular flexibility index (Phi) is 7.42. The van der Waals surface area contributed by atoms with Crippen molar-refractivity contribution in [2.45, 2.75) is 46.1 Å². The summed E-state index contributed by atoms with van der Waals surface area (Å²) >= 11 is 1.23. The highest BCUT2D eigenvalue weighted by atomic mass is 32.1. The average molecular weight is 535 g/mol. The molecule has 2 aromatic carbocycles. The average Bonchev–Trinajstić information content (AvgIpc) is 3.17. The summed E-state index contributed by atoms with van der Waals surface area (Å²) in [6, 6.07) is 12.3. The van der Waals surface area contributed by atoms with E-state index in [-0.39, 0.29) is 16.7 Å². The minimum atomic E-state index is -0.684. The second-order valence-corrected chi connectivity index (χ2v) is 11.0. The first-order valence-electron chi connectivity index (χ1n) is 12.0. The van der Waals surface area contributed by atoms with Crippen molar-refractivity contribution in [2.75, 3.05) is 14.2 Å². The lowest BCUT2D eigenvalue weighted by molar-refractivity contribution is -0.136. The van der Waals surface area contributed by atoms with Gasteiger partial charge in [0, 0.05) is 6.92 Å². The molecule has 0 spiro atoms. The Morgan fingerprint density at radius 2 is 1.74 bits per heavy atom. The zero-order valence-corrected chi connectivity index (χ0v) is 23.3. The SMILES string of the molecule is COC(=O)C1=C(C)N=c2s/c(=C/c3ccc(OC(C)=O)c(OC)c3)c(=O)n2C1c1ccc(C(C)(C)C)cc1. The summed E-state index contributed by atoms with van der Waals surface area (Å²) in [4.78, 5) is 43.1. The highest BCUT2D eigenvalue weighted by Crippen LogP contribution is 2.32. The van der Waals surface area contributed by atoms with Gasteiger partial charge in [0.1, 0.15) is 0 Å². The summed E-state index contributed by atoms with van der Waals surface area (Å²) in [7, 11) is 2.79. The van der Waals surface area contributed by atoms with Crippen molar-refractivity contribution in [3.63, 3.8) is 0 Å². The molecule has 4 rings (SSSR count). The zero-order chi connectivity index (χ0) is 27.8. The Morgan fingerprint density at radius 3 is 2.32 bits per heavy atom. The maximum atomic E-state index is 13.8. The van der Waals surface area contributed by atoms with Gasteiger partial charge in [-0.25, -0.2) is 9.79 Å². The number of thiazole rings is 1. The number of methoxy groups -OCH3 is 2. The fraction of sp³-hybridized carbons (Fsp3) is 0.310. The largest absolute Gasteiger partial charge is 0.493 e. The second-order valence-electron chi connectivity index (χ2n) is 9.95. The molecule has 2 heterocycles. The molecule has 0 saturated carbocycles. The van der Waals surface area contributed by atoms with Crippen molar-refractivity contribution in [2.24, 2.45) is 4.99 Å². The van der Waals surface area contributed by atoms with Crippen LogP contribution in [-0.2, 0) is 19.7 Å². The van der Waals surface area contributed by atoms with Crippen molar-refractivity contribution >= 4 is 29.4 Å². The Labute approximate surface area is 224 Å². The van der Waals surface area contributed by atoms with Crippen molar-refractivity contribution in [1.29, 1.82) is 0 Å². The Bertz CT molecular complexity index is 1620. The van der Waals surface area contributed by atoms with Crippen LogP contribution in [-0.4, -0.2) is 30.7 Å². The molecule has 0 amide bonds. The Hall–Kier alpha value is -3.98. The predicted octanol–water partition coefficient (Wildman–Crippen LogP) is 3.64. The number of allylic oxidation sites excluding steroid dienone is 1. The first-order chi connectivity index (χ1) is 17.9. The molecule has 198 valence electrons. The molecule has 9 heteroatoms. The molecule has 1 atom stereocenters. The number of esters is 2. The van der Waals surface area contributed by atoms with E-state index < -0.39 is 18.0 Å². The van der Waals surface area contributed by atoms with Crippen LogP contribution in [0.4, 0.5) is 0 Å². The molecule has 0 radical (unpaired) electrons. The fourth-order valence-electron chi connectivity index (χ4n) is 4.34. The van der Waals surface area contributed by atoms with Crippen LogP contribution in [0.2, 0.25) is 0 Å². The minimum Gasteiger partial charge on any atom is -0.493 e. The number of hydrogen-bond acceptors (Lipinski definition) is 8. The summed E-state index contributed by atoms with van der Waals surface area (Å²) in [5, 5.41) is 0. The molecule has 38 heavy (non-hydrogen) atoms. The number of ether oxygens (including phenoxy) is 3. The fourth-order valence-corrected chi connectivity index (χ4v) is 5.38. The highest BCUT2D eigenvalue weighted by Gasteiger charge is 2.33. The van der Waals surface area contributed by atoms with Crippen molar-refractivity contribution in [3.05, 3.63) is 90.1 Å². The van der Waals surface area contributed by atoms with Gasteiger partial charge in [-0.2, -0.15) is 0 Å². The first-order valence-corrected chi connectivity index (χ1v) is 12.8. The van der Waals surface area contributed by atoms with Gasteiger partial charge in [-0.3, -0.25) is 14.2 Å². The van der Waals surface area contributed by atoms with E-state index in [1.165, 1.54) is 32.5 Å². The number of nitrogens with zero attached hydrogens (tertiary/aromatic N) is 2. The lowest BCUT2D eigenvalue weighted by atomic mass is 9.85. The first kappa shape index (κ1) is 27.1. The number of carbonyl (C=O) groups is 2. The molecular weight excluding hydrogens is 504 g/mol. The predicted molar refractivity (Wildman–Crippen MR) is 145 cm³/mol. The molecule has 1 aliphatic heterocycles. The number of aromatic nitrogens is 1. The van der Waals surface area contributed by atoms with E-state index in [2.05, 4.69) is 25.8 Å². The van der Waals surface area contributed by atoms with Crippen LogP contribution in [0.25, 0.3) is 6.08 Å². The van der Waals surface area contributed by atoms with Gasteiger partial charge in [0.15, 0.2) is 16.3 Å². The monoisotopic (exact) mass is 534 g/mol. The number of fused-ring (bicyclic) bond motifs is 1. The van der Waals surface area contributed by atoms with E-state index in [9.17, 15) is 14.4 Å². The van der Waals surface area contributed by atoms with E-state index in [4.69, 9.17) is 14.2 Å². The molecule has 1 unspecified atom stereocenters. The molecule has 0 aliphatic carbocycles. The maximum Gasteiger partial charge on any atom is 0.338 e. The van der Waals surface area contributed by atoms with E-state index in [1.54, 1.807) is 35.8 Å². The van der Waals surface area contributed by atoms with Gasteiger partial charge in [0.25, 0.3) is 5.56 Å². The van der Waals surface area contributed by atoms with Gasteiger partial charge < -0.3 is 14.2 Å². The summed E-state index contributed by atoms with van der Waals surface area (Å²) in [6.07, 6.45) is 1.72. The van der Waals surface area contributed by atoms with E-state index >= 15 is 0 Å². The number of hydrogen-bond donors (Lipinski definition) is 0. The van der Waals surface area contributed by atoms with Crippen LogP contribution in [0, 0.1) is 0 Å². The third-order valence-electron chi connectivity index (χ3n) is 6.26. The van der Waals surface area contributed by atoms with Gasteiger partial charge in [-0.15, -0.1) is 0 Å². The third-order valence-corrected chi connectivity index (χ3v) is 7.24. The molecule has 0 fully saturated rings. The minimum absolute atomic E-state index is 0.0457. The number of carbonyl (C=O) groups excluding carboxylic acids is 2. The molecule has 0 N–H and O–H groups in total. The van der Waals surface area contributed by atoms with Crippen molar-refractivity contribution < 1.29 is 23.8 Å². The molecule has 1 aliphatic rings. The van der Waals surface area contributed by atoms with Gasteiger partial charge >= 0.3 is 11.9 Å². The Balaban J connectivity index is 1.89. The van der Waals surface area contributed by atoms with Crippen LogP contribution >= 0.6 is 11.3 Å². The quantitative estimate of drug-likeness (QED) is 0.366. The second kappa shape index (κ2) is 10.4. The van der Waals surface area contributed by atoms with Crippen LogP contribution in [0.1, 0.15) is 57.4 Å². The van der Waals surface area contributed by atoms with E-state index in [0.29, 0.717) is 31.9 Å². The number of benzene rings is 2. The van der Waals surface area contributed by atoms with Crippen LogP contribution in [0.3, 0.4) is 0 Å². The van der Waals surface area contributed by atoms with Crippen molar-refractivity contribution in [3.8, 4) is 11.5 Å². The maximum absolute atomic E-state index is 13.8. The lowest BCUT2D eigenvalue weighted by Gasteiger charge is -2.25. The summed E-state index contributed by atoms with van der Waals surface area (Å²) in [6.45, 7) is 9.44. The van der Waals surface area contributed by atoms with Crippen LogP contribution < -0.4 is 24.4 Å². The standard InChI is InChI=1S/C29H30N2O6S/c1-16-24(27(34)36-7)25(19-9-11-20(12-10-19)29(3,4)5)31-26(33)23(38-28(31)30-16)15-18-8-13-21(37-17(2)32)22(14-18)35-6/h8-15,25H,1-7H3/b23-15+. The summed E-state index contributed by atoms with van der Waals surface area (Å²) in [5.74, 6) is -0.342. The smallest absolute Gasteiger partial charge is 0.338 e. The Morgan fingerprint density at radius 1 is 1.05 bits per heavy atom. The van der Waals surface area contributed by atoms with Crippen LogP contribution in [0.15, 0.2) is 63.5 Å². The van der Waals surface area contributed by atoms with Gasteiger partial charge in [0.2, 0.25) is 0 Å². The highest BCUT2D eigenvalue weighted by molar-refractivity contribution is 7.07. The normalized spacial score (nSPS) is 15.6. The van der Waals surface area contributed by atoms with Gasteiger partial charge in [0.05, 0.1) is 36.1 Å². The summed E-state index contributed by atoms with van der Waals surface area (Å²) in [5.41, 5.74) is 3.10. The zero-order valence-electron chi connectivity index (χ0n) is 22.4.